The molecule has 6 nitrogen and oxygen atoms in total. The van der Waals surface area contributed by atoms with Crippen molar-refractivity contribution < 1.29 is 5.11 Å². The molecule has 0 spiro atoms. The molecule has 1 fully saturated rings. The molecule has 0 aromatic carbocycles. The molecule has 0 amide bonds. The van der Waals surface area contributed by atoms with Crippen LogP contribution in [-0.2, 0) is 6.54 Å². The van der Waals surface area contributed by atoms with Crippen LogP contribution < -0.4 is 10.9 Å². The fourth-order valence-corrected chi connectivity index (χ4v) is 3.09. The third-order valence-corrected chi connectivity index (χ3v) is 4.74. The lowest BCUT2D eigenvalue weighted by atomic mass is 10.1. The predicted octanol–water partition coefficient (Wildman–Crippen LogP) is 1.14. The zero-order valence-electron chi connectivity index (χ0n) is 12.5. The number of anilines is 1. The van der Waals surface area contributed by atoms with Gasteiger partial charge in [0, 0.05) is 25.1 Å². The molecule has 1 aromatic heterocycles. The molecule has 0 aliphatic heterocycles. The van der Waals surface area contributed by atoms with Crippen LogP contribution in [0.1, 0.15) is 19.3 Å². The Balaban J connectivity index is 2.11. The number of aromatic nitrogens is 2. The van der Waals surface area contributed by atoms with Gasteiger partial charge in [0.2, 0.25) is 0 Å². The van der Waals surface area contributed by atoms with Gasteiger partial charge in [-0.05, 0) is 42.9 Å². The summed E-state index contributed by atoms with van der Waals surface area (Å²) in [6.45, 7) is 1.51. The molecular formula is C14H23BrN4O2. The minimum Gasteiger partial charge on any atom is -0.396 e. The van der Waals surface area contributed by atoms with Crippen LogP contribution in [0.25, 0.3) is 0 Å². The average molecular weight is 359 g/mol. The molecule has 0 radical (unpaired) electrons. The molecule has 21 heavy (non-hydrogen) atoms. The lowest BCUT2D eigenvalue weighted by molar-refractivity contribution is 0.222. The van der Waals surface area contributed by atoms with Gasteiger partial charge in [0.15, 0.2) is 0 Å². The second-order valence-corrected chi connectivity index (χ2v) is 6.62. The number of aliphatic hydroxyl groups excluding tert-OH is 1. The van der Waals surface area contributed by atoms with Gasteiger partial charge in [-0.25, -0.2) is 4.68 Å². The molecule has 1 aromatic rings. The highest BCUT2D eigenvalue weighted by Gasteiger charge is 2.27. The van der Waals surface area contributed by atoms with Crippen LogP contribution in [-0.4, -0.2) is 53.1 Å². The van der Waals surface area contributed by atoms with E-state index in [4.69, 9.17) is 0 Å². The van der Waals surface area contributed by atoms with Crippen molar-refractivity contribution in [2.75, 3.05) is 32.6 Å². The van der Waals surface area contributed by atoms with Crippen LogP contribution in [0.5, 0.6) is 0 Å². The van der Waals surface area contributed by atoms with Gasteiger partial charge in [-0.1, -0.05) is 6.42 Å². The molecule has 7 heteroatoms. The second-order valence-electron chi connectivity index (χ2n) is 5.83. The fourth-order valence-electron chi connectivity index (χ4n) is 2.66. The Hall–Kier alpha value is -0.920. The first-order valence-corrected chi connectivity index (χ1v) is 8.10. The number of halogens is 1. The maximum absolute atomic E-state index is 12.3. The number of nitrogens with one attached hydrogen (secondary N) is 1. The quantitative estimate of drug-likeness (QED) is 0.797. The topological polar surface area (TPSA) is 70.4 Å². The summed E-state index contributed by atoms with van der Waals surface area (Å²) in [5.41, 5.74) is 0.590. The minimum atomic E-state index is -0.125. The van der Waals surface area contributed by atoms with Crippen molar-refractivity contribution in [2.24, 2.45) is 5.92 Å². The minimum absolute atomic E-state index is 0.125. The number of likely N-dealkylation sites (N-methyl/N-ethyl adjacent to an activating group) is 1. The third-order valence-electron chi connectivity index (χ3n) is 3.98. The van der Waals surface area contributed by atoms with Gasteiger partial charge in [0.05, 0.1) is 18.4 Å². The van der Waals surface area contributed by atoms with E-state index in [2.05, 4.69) is 26.3 Å². The number of nitrogens with zero attached hydrogens (tertiary/aromatic N) is 3. The van der Waals surface area contributed by atoms with E-state index in [0.29, 0.717) is 16.7 Å². The molecule has 0 saturated heterocycles. The van der Waals surface area contributed by atoms with Crippen molar-refractivity contribution in [3.63, 3.8) is 0 Å². The van der Waals surface area contributed by atoms with E-state index in [1.54, 1.807) is 6.20 Å². The number of hydrogen-bond acceptors (Lipinski definition) is 5. The van der Waals surface area contributed by atoms with Crippen LogP contribution in [0.4, 0.5) is 5.69 Å². The molecule has 1 aliphatic carbocycles. The summed E-state index contributed by atoms with van der Waals surface area (Å²) < 4.78 is 1.98. The molecule has 2 rings (SSSR count). The van der Waals surface area contributed by atoms with Crippen molar-refractivity contribution in [1.82, 2.24) is 14.7 Å². The summed E-state index contributed by atoms with van der Waals surface area (Å²) in [5.74, 6) is 0.257. The van der Waals surface area contributed by atoms with Crippen molar-refractivity contribution in [3.8, 4) is 0 Å². The predicted molar refractivity (Wildman–Crippen MR) is 86.6 cm³/mol. The highest BCUT2D eigenvalue weighted by molar-refractivity contribution is 9.10. The van der Waals surface area contributed by atoms with Crippen molar-refractivity contribution in [2.45, 2.75) is 31.8 Å². The Morgan fingerprint density at radius 2 is 2.29 bits per heavy atom. The first-order valence-electron chi connectivity index (χ1n) is 7.30. The molecule has 1 heterocycles. The van der Waals surface area contributed by atoms with E-state index in [1.165, 1.54) is 4.68 Å². The summed E-state index contributed by atoms with van der Waals surface area (Å²) in [7, 11) is 3.93. The van der Waals surface area contributed by atoms with E-state index in [9.17, 15) is 9.90 Å². The fraction of sp³-hybridized carbons (Fsp3) is 0.714. The van der Waals surface area contributed by atoms with Crippen LogP contribution in [0.2, 0.25) is 0 Å². The highest BCUT2D eigenvalue weighted by Crippen LogP contribution is 2.29. The van der Waals surface area contributed by atoms with Crippen LogP contribution in [0, 0.1) is 5.92 Å². The summed E-state index contributed by atoms with van der Waals surface area (Å²) in [6, 6.07) is 0.213. The van der Waals surface area contributed by atoms with E-state index in [-0.39, 0.29) is 24.1 Å². The summed E-state index contributed by atoms with van der Waals surface area (Å²) in [4.78, 5) is 14.3. The monoisotopic (exact) mass is 358 g/mol. The molecule has 1 aliphatic rings. The summed E-state index contributed by atoms with van der Waals surface area (Å²) in [6.07, 6.45) is 4.84. The SMILES string of the molecule is CN(C)CCn1ncc(NC2CCCC2CO)c(Br)c1=O. The number of aliphatic hydroxyl groups is 1. The molecule has 118 valence electrons. The van der Waals surface area contributed by atoms with Crippen LogP contribution >= 0.6 is 15.9 Å². The van der Waals surface area contributed by atoms with Crippen LogP contribution in [0.3, 0.4) is 0 Å². The molecule has 0 bridgehead atoms. The van der Waals surface area contributed by atoms with Gasteiger partial charge in [-0.2, -0.15) is 5.10 Å². The van der Waals surface area contributed by atoms with E-state index >= 15 is 0 Å². The molecule has 2 atom stereocenters. The first kappa shape index (κ1) is 16.5. The maximum atomic E-state index is 12.3. The Kier molecular flexibility index (Phi) is 5.78. The Morgan fingerprint density at radius 1 is 1.52 bits per heavy atom. The van der Waals surface area contributed by atoms with Gasteiger partial charge >= 0.3 is 0 Å². The molecule has 1 saturated carbocycles. The lowest BCUT2D eigenvalue weighted by Gasteiger charge is -2.21. The standard InChI is InChI=1S/C14H23BrN4O2/c1-18(2)6-7-19-14(21)13(15)12(8-16-19)17-11-5-3-4-10(11)9-20/h8,10-11,17,20H,3-7,9H2,1-2H3. The third kappa shape index (κ3) is 4.05. The molecule has 2 N–H and O–H groups in total. The molecule has 2 unspecified atom stereocenters. The zero-order chi connectivity index (χ0) is 15.4. The van der Waals surface area contributed by atoms with Gasteiger partial charge < -0.3 is 15.3 Å². The van der Waals surface area contributed by atoms with Gasteiger partial charge in [0.1, 0.15) is 4.47 Å². The van der Waals surface area contributed by atoms with Crippen molar-refractivity contribution in [1.29, 1.82) is 0 Å². The van der Waals surface area contributed by atoms with Crippen molar-refractivity contribution >= 4 is 21.6 Å². The highest BCUT2D eigenvalue weighted by atomic mass is 79.9. The van der Waals surface area contributed by atoms with Crippen molar-refractivity contribution in [3.05, 3.63) is 21.0 Å². The second kappa shape index (κ2) is 7.38. The largest absolute Gasteiger partial charge is 0.396 e. The Labute approximate surface area is 133 Å². The normalized spacial score (nSPS) is 22.0. The van der Waals surface area contributed by atoms with Crippen LogP contribution in [0.15, 0.2) is 15.5 Å². The maximum Gasteiger partial charge on any atom is 0.283 e. The van der Waals surface area contributed by atoms with E-state index in [0.717, 1.165) is 25.8 Å². The summed E-state index contributed by atoms with van der Waals surface area (Å²) in [5, 5.41) is 16.9. The Bertz CT molecular complexity index is 532. The first-order chi connectivity index (χ1) is 10.0. The van der Waals surface area contributed by atoms with Gasteiger partial charge in [0.25, 0.3) is 5.56 Å². The Morgan fingerprint density at radius 3 is 2.95 bits per heavy atom. The van der Waals surface area contributed by atoms with E-state index in [1.807, 2.05) is 19.0 Å². The number of rotatable bonds is 6. The lowest BCUT2D eigenvalue weighted by Crippen LogP contribution is -2.31. The smallest absolute Gasteiger partial charge is 0.283 e. The summed E-state index contributed by atoms with van der Waals surface area (Å²) >= 11 is 3.38. The number of hydrogen-bond donors (Lipinski definition) is 2. The van der Waals surface area contributed by atoms with E-state index < -0.39 is 0 Å². The average Bonchev–Trinajstić information content (AvgIpc) is 2.90. The van der Waals surface area contributed by atoms with Gasteiger partial charge in [-0.15, -0.1) is 0 Å². The zero-order valence-corrected chi connectivity index (χ0v) is 14.1. The van der Waals surface area contributed by atoms with Gasteiger partial charge in [-0.3, -0.25) is 4.79 Å². The molecular weight excluding hydrogens is 336 g/mol.